The van der Waals surface area contributed by atoms with Crippen LogP contribution in [0.15, 0.2) is 24.3 Å². The molecule has 4 rings (SSSR count). The number of halogens is 1. The number of hydrogen-bond donors (Lipinski definition) is 1. The van der Waals surface area contributed by atoms with Gasteiger partial charge < -0.3 is 10.2 Å². The molecule has 0 radical (unpaired) electrons. The van der Waals surface area contributed by atoms with Gasteiger partial charge in [0.25, 0.3) is 0 Å². The first-order valence-electron chi connectivity index (χ1n) is 12.6. The lowest BCUT2D eigenvalue weighted by Crippen LogP contribution is -2.73. The van der Waals surface area contributed by atoms with E-state index in [9.17, 15) is 9.59 Å². The van der Waals surface area contributed by atoms with Crippen LogP contribution in [0.1, 0.15) is 76.7 Å². The average Bonchev–Trinajstić information content (AvgIpc) is 2.81. The van der Waals surface area contributed by atoms with E-state index in [1.807, 2.05) is 23.1 Å². The molecule has 3 fully saturated rings. The molecule has 0 bridgehead atoms. The summed E-state index contributed by atoms with van der Waals surface area (Å²) in [5, 5.41) is 3.97. The van der Waals surface area contributed by atoms with Crippen molar-refractivity contribution in [1.29, 1.82) is 0 Å². The third-order valence-corrected chi connectivity index (χ3v) is 8.24. The summed E-state index contributed by atoms with van der Waals surface area (Å²) >= 11 is 6.36. The van der Waals surface area contributed by atoms with E-state index in [2.05, 4.69) is 23.2 Å². The lowest BCUT2D eigenvalue weighted by molar-refractivity contribution is -0.162. The molecule has 5 nitrogen and oxygen atoms in total. The normalized spacial score (nSPS) is 24.7. The van der Waals surface area contributed by atoms with Crippen molar-refractivity contribution in [3.8, 4) is 0 Å². The number of hydrogen-bond acceptors (Lipinski definition) is 3. The molecule has 1 aromatic rings. The van der Waals surface area contributed by atoms with Gasteiger partial charge in [0.05, 0.1) is 0 Å². The van der Waals surface area contributed by atoms with Crippen molar-refractivity contribution in [3.05, 3.63) is 34.9 Å². The van der Waals surface area contributed by atoms with E-state index in [0.717, 1.165) is 49.5 Å². The van der Waals surface area contributed by atoms with Crippen molar-refractivity contribution >= 4 is 23.4 Å². The number of piperazine rings is 1. The van der Waals surface area contributed by atoms with E-state index >= 15 is 0 Å². The number of piperidine rings is 1. The molecule has 2 amide bonds. The first-order chi connectivity index (χ1) is 15.5. The Kier molecular flexibility index (Phi) is 7.78. The van der Waals surface area contributed by atoms with Gasteiger partial charge in [0.15, 0.2) is 0 Å². The summed E-state index contributed by atoms with van der Waals surface area (Å²) < 4.78 is 0. The van der Waals surface area contributed by atoms with Gasteiger partial charge in [-0.1, -0.05) is 75.2 Å². The SMILES string of the molecule is CCCCN1C(=O)C(CC2CCCCC2)NC(=O)C12CCN(Cc1ccccc1Cl)CC2. The van der Waals surface area contributed by atoms with E-state index in [1.54, 1.807) is 0 Å². The molecule has 2 aliphatic heterocycles. The molecular formula is C26H38ClN3O2. The number of unbranched alkanes of at least 4 members (excludes halogenated alkanes) is 1. The van der Waals surface area contributed by atoms with Crippen molar-refractivity contribution in [2.75, 3.05) is 19.6 Å². The topological polar surface area (TPSA) is 52.7 Å². The second-order valence-electron chi connectivity index (χ2n) is 10.0. The summed E-state index contributed by atoms with van der Waals surface area (Å²) in [4.78, 5) is 31.5. The van der Waals surface area contributed by atoms with Gasteiger partial charge in [-0.25, -0.2) is 0 Å². The number of amides is 2. The van der Waals surface area contributed by atoms with Crippen LogP contribution in [0.3, 0.4) is 0 Å². The average molecular weight is 460 g/mol. The maximum Gasteiger partial charge on any atom is 0.246 e. The highest BCUT2D eigenvalue weighted by molar-refractivity contribution is 6.31. The maximum absolute atomic E-state index is 13.6. The van der Waals surface area contributed by atoms with Gasteiger partial charge >= 0.3 is 0 Å². The van der Waals surface area contributed by atoms with Crippen molar-refractivity contribution in [2.24, 2.45) is 5.92 Å². The first kappa shape index (κ1) is 23.6. The van der Waals surface area contributed by atoms with Gasteiger partial charge in [-0.15, -0.1) is 0 Å². The molecule has 1 atom stereocenters. The minimum absolute atomic E-state index is 0.0754. The molecule has 32 heavy (non-hydrogen) atoms. The number of rotatable bonds is 7. The predicted molar refractivity (Wildman–Crippen MR) is 128 cm³/mol. The van der Waals surface area contributed by atoms with Gasteiger partial charge in [-0.05, 0) is 43.2 Å². The summed E-state index contributed by atoms with van der Waals surface area (Å²) in [5.41, 5.74) is 0.427. The van der Waals surface area contributed by atoms with Crippen molar-refractivity contribution in [1.82, 2.24) is 15.1 Å². The Morgan fingerprint density at radius 3 is 2.50 bits per heavy atom. The van der Waals surface area contributed by atoms with Gasteiger partial charge in [-0.2, -0.15) is 0 Å². The fourth-order valence-corrected chi connectivity index (χ4v) is 6.07. The molecule has 2 heterocycles. The zero-order valence-corrected chi connectivity index (χ0v) is 20.2. The summed E-state index contributed by atoms with van der Waals surface area (Å²) in [6.45, 7) is 5.20. The Morgan fingerprint density at radius 1 is 1.09 bits per heavy atom. The van der Waals surface area contributed by atoms with Crippen molar-refractivity contribution in [2.45, 2.75) is 89.3 Å². The van der Waals surface area contributed by atoms with Crippen LogP contribution >= 0.6 is 11.6 Å². The molecule has 1 aliphatic carbocycles. The van der Waals surface area contributed by atoms with Crippen LogP contribution < -0.4 is 5.32 Å². The largest absolute Gasteiger partial charge is 0.342 e. The molecule has 176 valence electrons. The lowest BCUT2D eigenvalue weighted by atomic mass is 9.79. The number of nitrogens with one attached hydrogen (secondary N) is 1. The van der Waals surface area contributed by atoms with E-state index in [1.165, 1.54) is 32.1 Å². The Labute approximate surface area is 197 Å². The molecule has 1 unspecified atom stereocenters. The number of carbonyl (C=O) groups excluding carboxylic acids is 2. The predicted octanol–water partition coefficient (Wildman–Crippen LogP) is 4.77. The maximum atomic E-state index is 13.6. The van der Waals surface area contributed by atoms with Crippen LogP contribution in [0.25, 0.3) is 0 Å². The quantitative estimate of drug-likeness (QED) is 0.638. The van der Waals surface area contributed by atoms with Crippen LogP contribution in [0.2, 0.25) is 5.02 Å². The molecule has 0 aromatic heterocycles. The van der Waals surface area contributed by atoms with E-state index in [-0.39, 0.29) is 17.9 Å². The third-order valence-electron chi connectivity index (χ3n) is 7.87. The zero-order chi connectivity index (χ0) is 22.6. The minimum Gasteiger partial charge on any atom is -0.342 e. The van der Waals surface area contributed by atoms with Gasteiger partial charge in [0, 0.05) is 31.2 Å². The summed E-state index contributed by atoms with van der Waals surface area (Å²) in [7, 11) is 0. The molecule has 6 heteroatoms. The monoisotopic (exact) mass is 459 g/mol. The van der Waals surface area contributed by atoms with Gasteiger partial charge in [-0.3, -0.25) is 14.5 Å². The van der Waals surface area contributed by atoms with Crippen LogP contribution in [0.5, 0.6) is 0 Å². The molecule has 2 saturated heterocycles. The minimum atomic E-state index is -0.688. The molecule has 1 saturated carbocycles. The molecule has 1 N–H and O–H groups in total. The van der Waals surface area contributed by atoms with Crippen LogP contribution in [-0.4, -0.2) is 52.8 Å². The highest BCUT2D eigenvalue weighted by Gasteiger charge is 2.53. The molecule has 1 aromatic carbocycles. The Hall–Kier alpha value is -1.59. The Balaban J connectivity index is 1.45. The number of benzene rings is 1. The highest BCUT2D eigenvalue weighted by atomic mass is 35.5. The fraction of sp³-hybridized carbons (Fsp3) is 0.692. The van der Waals surface area contributed by atoms with Crippen LogP contribution in [-0.2, 0) is 16.1 Å². The van der Waals surface area contributed by atoms with Crippen molar-refractivity contribution in [3.63, 3.8) is 0 Å². The highest BCUT2D eigenvalue weighted by Crippen LogP contribution is 2.36. The Bertz CT molecular complexity index is 800. The van der Waals surface area contributed by atoms with E-state index in [4.69, 9.17) is 11.6 Å². The van der Waals surface area contributed by atoms with Crippen LogP contribution in [0.4, 0.5) is 0 Å². The zero-order valence-electron chi connectivity index (χ0n) is 19.5. The van der Waals surface area contributed by atoms with Gasteiger partial charge in [0.1, 0.15) is 11.6 Å². The second-order valence-corrected chi connectivity index (χ2v) is 10.4. The number of carbonyl (C=O) groups is 2. The molecule has 3 aliphatic rings. The summed E-state index contributed by atoms with van der Waals surface area (Å²) in [5.74, 6) is 0.798. The smallest absolute Gasteiger partial charge is 0.246 e. The van der Waals surface area contributed by atoms with Crippen molar-refractivity contribution < 1.29 is 9.59 Å². The third kappa shape index (κ3) is 4.99. The lowest BCUT2D eigenvalue weighted by Gasteiger charge is -2.52. The summed E-state index contributed by atoms with van der Waals surface area (Å²) in [6.07, 6.45) is 10.3. The number of likely N-dealkylation sites (tertiary alicyclic amines) is 1. The molecule has 1 spiro atoms. The van der Waals surface area contributed by atoms with Crippen LogP contribution in [0, 0.1) is 5.92 Å². The second kappa shape index (κ2) is 10.6. The molecular weight excluding hydrogens is 422 g/mol. The summed E-state index contributed by atoms with van der Waals surface area (Å²) in [6, 6.07) is 7.61. The Morgan fingerprint density at radius 2 is 1.81 bits per heavy atom. The fourth-order valence-electron chi connectivity index (χ4n) is 5.88. The van der Waals surface area contributed by atoms with E-state index < -0.39 is 5.54 Å². The standard InChI is InChI=1S/C26H38ClN3O2/c1-2-3-15-30-24(31)23(18-20-9-5-4-6-10-20)28-25(32)26(30)13-16-29(17-14-26)19-21-11-7-8-12-22(21)27/h7-8,11-12,20,23H,2-6,9-10,13-19H2,1H3,(H,28,32). The number of nitrogens with zero attached hydrogens (tertiary/aromatic N) is 2. The van der Waals surface area contributed by atoms with E-state index in [0.29, 0.717) is 25.3 Å². The van der Waals surface area contributed by atoms with Gasteiger partial charge in [0.2, 0.25) is 11.8 Å². The first-order valence-corrected chi connectivity index (χ1v) is 13.0.